The molecule has 1 N–H and O–H groups in total. The van der Waals surface area contributed by atoms with Gasteiger partial charge in [0.25, 0.3) is 0 Å². The van der Waals surface area contributed by atoms with Crippen LogP contribution in [-0.4, -0.2) is 38.3 Å². The minimum atomic E-state index is 0.523. The van der Waals surface area contributed by atoms with Crippen LogP contribution in [0.4, 0.5) is 5.13 Å². The lowest BCUT2D eigenvalue weighted by atomic mass is 10.0. The summed E-state index contributed by atoms with van der Waals surface area (Å²) in [6.45, 7) is 13.5. The Morgan fingerprint density at radius 1 is 1.33 bits per heavy atom. The Hall–Kier alpha value is -0.650. The molecule has 0 saturated carbocycles. The lowest BCUT2D eigenvalue weighted by Crippen LogP contribution is -2.26. The summed E-state index contributed by atoms with van der Waals surface area (Å²) in [5, 5.41) is 4.65. The van der Waals surface area contributed by atoms with Crippen LogP contribution in [0, 0.1) is 0 Å². The fourth-order valence-corrected chi connectivity index (χ4v) is 3.40. The van der Waals surface area contributed by atoms with Crippen LogP contribution in [0.15, 0.2) is 0 Å². The second kappa shape index (κ2) is 10.1. The van der Waals surface area contributed by atoms with E-state index in [0.717, 1.165) is 44.3 Å². The van der Waals surface area contributed by atoms with Gasteiger partial charge in [0.15, 0.2) is 5.13 Å². The van der Waals surface area contributed by atoms with Gasteiger partial charge in [-0.1, -0.05) is 20.8 Å². The molecule has 4 nitrogen and oxygen atoms in total. The summed E-state index contributed by atoms with van der Waals surface area (Å²) >= 11 is 1.83. The molecule has 0 aromatic carbocycles. The number of likely N-dealkylation sites (N-methyl/N-ethyl adjacent to an activating group) is 1. The van der Waals surface area contributed by atoms with Gasteiger partial charge in [0.1, 0.15) is 0 Å². The van der Waals surface area contributed by atoms with E-state index in [2.05, 4.69) is 37.9 Å². The van der Waals surface area contributed by atoms with Gasteiger partial charge < -0.3 is 15.0 Å². The van der Waals surface area contributed by atoms with Crippen molar-refractivity contribution in [1.29, 1.82) is 0 Å². The zero-order valence-electron chi connectivity index (χ0n) is 14.2. The van der Waals surface area contributed by atoms with Crippen LogP contribution in [0.25, 0.3) is 0 Å². The number of nitrogens with one attached hydrogen (secondary N) is 1. The number of aromatic nitrogens is 1. The molecule has 0 saturated heterocycles. The van der Waals surface area contributed by atoms with Gasteiger partial charge in [-0.25, -0.2) is 4.98 Å². The van der Waals surface area contributed by atoms with Crippen LogP contribution in [0.5, 0.6) is 0 Å². The predicted octanol–water partition coefficient (Wildman–Crippen LogP) is 3.63. The van der Waals surface area contributed by atoms with Crippen molar-refractivity contribution in [2.45, 2.75) is 53.0 Å². The molecular formula is C16H31N3OS. The van der Waals surface area contributed by atoms with Gasteiger partial charge in [0.05, 0.1) is 12.3 Å². The number of rotatable bonds is 11. The average molecular weight is 314 g/mol. The van der Waals surface area contributed by atoms with E-state index in [0.29, 0.717) is 5.92 Å². The van der Waals surface area contributed by atoms with Crippen LogP contribution in [0.2, 0.25) is 0 Å². The molecule has 5 heteroatoms. The number of anilines is 1. The third-order valence-electron chi connectivity index (χ3n) is 3.73. The van der Waals surface area contributed by atoms with E-state index in [1.54, 1.807) is 7.11 Å². The van der Waals surface area contributed by atoms with Crippen molar-refractivity contribution in [2.24, 2.45) is 0 Å². The molecule has 0 spiro atoms. The van der Waals surface area contributed by atoms with Crippen molar-refractivity contribution in [3.05, 3.63) is 10.6 Å². The first-order valence-electron chi connectivity index (χ1n) is 8.11. The molecule has 21 heavy (non-hydrogen) atoms. The number of methoxy groups -OCH3 is 1. The van der Waals surface area contributed by atoms with Crippen molar-refractivity contribution in [3.8, 4) is 0 Å². The topological polar surface area (TPSA) is 37.4 Å². The molecule has 0 aliphatic carbocycles. The normalized spacial score (nSPS) is 12.6. The first kappa shape index (κ1) is 18.4. The highest BCUT2D eigenvalue weighted by Crippen LogP contribution is 2.32. The van der Waals surface area contributed by atoms with E-state index in [9.17, 15) is 0 Å². The van der Waals surface area contributed by atoms with E-state index < -0.39 is 0 Å². The number of hydrogen-bond acceptors (Lipinski definition) is 5. The van der Waals surface area contributed by atoms with Gasteiger partial charge in [0.2, 0.25) is 0 Å². The Balaban J connectivity index is 2.89. The Kier molecular flexibility index (Phi) is 8.88. The molecule has 0 amide bonds. The van der Waals surface area contributed by atoms with Gasteiger partial charge in [-0.3, -0.25) is 0 Å². The van der Waals surface area contributed by atoms with Gasteiger partial charge in [-0.05, 0) is 32.2 Å². The minimum Gasteiger partial charge on any atom is -0.383 e. The van der Waals surface area contributed by atoms with E-state index in [4.69, 9.17) is 9.72 Å². The van der Waals surface area contributed by atoms with E-state index in [1.165, 1.54) is 17.0 Å². The summed E-state index contributed by atoms with van der Waals surface area (Å²) in [7, 11) is 1.75. The summed E-state index contributed by atoms with van der Waals surface area (Å²) in [5.74, 6) is 0.523. The summed E-state index contributed by atoms with van der Waals surface area (Å²) < 4.78 is 5.20. The predicted molar refractivity (Wildman–Crippen MR) is 92.6 cm³/mol. The third-order valence-corrected chi connectivity index (χ3v) is 4.86. The molecule has 0 fully saturated rings. The standard InChI is InChI=1S/C16H31N3OS/c1-6-9-17-12-14-15(13(4)7-2)18-16(21-14)19(8-3)10-11-20-5/h13,17H,6-12H2,1-5H3. The highest BCUT2D eigenvalue weighted by molar-refractivity contribution is 7.15. The van der Waals surface area contributed by atoms with Crippen molar-refractivity contribution in [1.82, 2.24) is 10.3 Å². The molecular weight excluding hydrogens is 282 g/mol. The molecule has 1 rings (SSSR count). The molecule has 0 radical (unpaired) electrons. The fraction of sp³-hybridized carbons (Fsp3) is 0.812. The molecule has 122 valence electrons. The average Bonchev–Trinajstić information content (AvgIpc) is 2.91. The Morgan fingerprint density at radius 3 is 2.67 bits per heavy atom. The van der Waals surface area contributed by atoms with Crippen molar-refractivity contribution < 1.29 is 4.74 Å². The van der Waals surface area contributed by atoms with Crippen molar-refractivity contribution in [3.63, 3.8) is 0 Å². The van der Waals surface area contributed by atoms with Gasteiger partial charge in [-0.2, -0.15) is 0 Å². The molecule has 1 aromatic rings. The third kappa shape index (κ3) is 5.57. The zero-order chi connectivity index (χ0) is 15.7. The minimum absolute atomic E-state index is 0.523. The second-order valence-corrected chi connectivity index (χ2v) is 6.43. The SMILES string of the molecule is CCCNCc1sc(N(CC)CCOC)nc1C(C)CC. The molecule has 1 aromatic heterocycles. The maximum Gasteiger partial charge on any atom is 0.185 e. The highest BCUT2D eigenvalue weighted by Gasteiger charge is 2.18. The number of hydrogen-bond donors (Lipinski definition) is 1. The summed E-state index contributed by atoms with van der Waals surface area (Å²) in [4.78, 5) is 8.63. The molecule has 0 bridgehead atoms. The van der Waals surface area contributed by atoms with Gasteiger partial charge in [-0.15, -0.1) is 11.3 Å². The van der Waals surface area contributed by atoms with Crippen LogP contribution in [-0.2, 0) is 11.3 Å². The van der Waals surface area contributed by atoms with Crippen LogP contribution < -0.4 is 10.2 Å². The molecule has 0 aliphatic rings. The van der Waals surface area contributed by atoms with E-state index in [1.807, 2.05) is 11.3 Å². The van der Waals surface area contributed by atoms with Crippen molar-refractivity contribution >= 4 is 16.5 Å². The lowest BCUT2D eigenvalue weighted by molar-refractivity contribution is 0.205. The monoisotopic (exact) mass is 313 g/mol. The summed E-state index contributed by atoms with van der Waals surface area (Å²) in [5.41, 5.74) is 1.27. The smallest absolute Gasteiger partial charge is 0.185 e. The Morgan fingerprint density at radius 2 is 2.10 bits per heavy atom. The molecule has 1 unspecified atom stereocenters. The van der Waals surface area contributed by atoms with Crippen LogP contribution in [0.3, 0.4) is 0 Å². The van der Waals surface area contributed by atoms with Crippen LogP contribution >= 0.6 is 11.3 Å². The second-order valence-electron chi connectivity index (χ2n) is 5.36. The zero-order valence-corrected chi connectivity index (χ0v) is 15.1. The first-order valence-corrected chi connectivity index (χ1v) is 8.93. The quantitative estimate of drug-likeness (QED) is 0.633. The number of thiazole rings is 1. The number of ether oxygens (including phenoxy) is 1. The largest absolute Gasteiger partial charge is 0.383 e. The highest BCUT2D eigenvalue weighted by atomic mass is 32.1. The first-order chi connectivity index (χ1) is 10.2. The number of nitrogens with zero attached hydrogens (tertiary/aromatic N) is 2. The molecule has 1 heterocycles. The summed E-state index contributed by atoms with van der Waals surface area (Å²) in [6, 6.07) is 0. The Labute approximate surface area is 133 Å². The Bertz CT molecular complexity index is 395. The maximum absolute atomic E-state index is 5.20. The van der Waals surface area contributed by atoms with Crippen molar-refractivity contribution in [2.75, 3.05) is 38.3 Å². The molecule has 0 aliphatic heterocycles. The summed E-state index contributed by atoms with van der Waals surface area (Å²) in [6.07, 6.45) is 2.30. The molecule has 1 atom stereocenters. The van der Waals surface area contributed by atoms with E-state index >= 15 is 0 Å². The maximum atomic E-state index is 5.20. The van der Waals surface area contributed by atoms with E-state index in [-0.39, 0.29) is 0 Å². The lowest BCUT2D eigenvalue weighted by Gasteiger charge is -2.19. The van der Waals surface area contributed by atoms with Gasteiger partial charge in [0, 0.05) is 31.6 Å². The van der Waals surface area contributed by atoms with Crippen LogP contribution in [0.1, 0.15) is 57.0 Å². The van der Waals surface area contributed by atoms with Gasteiger partial charge >= 0.3 is 0 Å². The fourth-order valence-electron chi connectivity index (χ4n) is 2.16.